The van der Waals surface area contributed by atoms with Gasteiger partial charge in [0.2, 0.25) is 0 Å². The lowest BCUT2D eigenvalue weighted by atomic mass is 10.1. The molecular formula is C14H11ClF2N2S. The van der Waals surface area contributed by atoms with Crippen molar-refractivity contribution in [1.29, 1.82) is 0 Å². The summed E-state index contributed by atoms with van der Waals surface area (Å²) in [6.07, 6.45) is 0. The maximum absolute atomic E-state index is 13.5. The summed E-state index contributed by atoms with van der Waals surface area (Å²) in [4.78, 5) is 0.253. The molecule has 2 aromatic carbocycles. The zero-order chi connectivity index (χ0) is 14.7. The third-order valence-electron chi connectivity index (χ3n) is 2.74. The van der Waals surface area contributed by atoms with Gasteiger partial charge in [0.1, 0.15) is 16.6 Å². The Balaban J connectivity index is 2.13. The maximum atomic E-state index is 13.5. The van der Waals surface area contributed by atoms with Crippen molar-refractivity contribution < 1.29 is 8.78 Å². The average molecular weight is 313 g/mol. The molecule has 6 heteroatoms. The van der Waals surface area contributed by atoms with Crippen molar-refractivity contribution in [2.24, 2.45) is 5.73 Å². The molecule has 0 saturated heterocycles. The van der Waals surface area contributed by atoms with Crippen LogP contribution in [0.2, 0.25) is 5.02 Å². The van der Waals surface area contributed by atoms with Crippen LogP contribution in [0.1, 0.15) is 11.1 Å². The van der Waals surface area contributed by atoms with Gasteiger partial charge in [0, 0.05) is 23.7 Å². The predicted octanol–water partition coefficient (Wildman–Crippen LogP) is 3.86. The molecule has 0 unspecified atom stereocenters. The van der Waals surface area contributed by atoms with Gasteiger partial charge in [-0.1, -0.05) is 29.9 Å². The molecule has 0 spiro atoms. The molecule has 104 valence electrons. The minimum Gasteiger partial charge on any atom is -0.389 e. The number of rotatable bonds is 4. The summed E-state index contributed by atoms with van der Waals surface area (Å²) in [6, 6.07) is 8.49. The van der Waals surface area contributed by atoms with E-state index in [-0.39, 0.29) is 11.5 Å². The first-order chi connectivity index (χ1) is 9.47. The minimum atomic E-state index is -0.606. The number of halogens is 3. The topological polar surface area (TPSA) is 38.0 Å². The average Bonchev–Trinajstić information content (AvgIpc) is 2.38. The molecule has 2 nitrogen and oxygen atoms in total. The van der Waals surface area contributed by atoms with E-state index in [1.807, 2.05) is 0 Å². The number of nitrogens with one attached hydrogen (secondary N) is 1. The number of anilines is 1. The molecular weight excluding hydrogens is 302 g/mol. The van der Waals surface area contributed by atoms with E-state index >= 15 is 0 Å². The lowest BCUT2D eigenvalue weighted by Gasteiger charge is -2.10. The number of hydrogen-bond acceptors (Lipinski definition) is 2. The van der Waals surface area contributed by atoms with Crippen molar-refractivity contribution in [2.45, 2.75) is 6.54 Å². The Morgan fingerprint density at radius 1 is 1.20 bits per heavy atom. The largest absolute Gasteiger partial charge is 0.389 e. The van der Waals surface area contributed by atoms with Gasteiger partial charge in [-0.3, -0.25) is 0 Å². The first-order valence-electron chi connectivity index (χ1n) is 5.74. The van der Waals surface area contributed by atoms with Crippen molar-refractivity contribution in [2.75, 3.05) is 5.32 Å². The molecule has 0 atom stereocenters. The van der Waals surface area contributed by atoms with E-state index in [0.29, 0.717) is 21.8 Å². The van der Waals surface area contributed by atoms with Crippen LogP contribution in [0, 0.1) is 11.6 Å². The fourth-order valence-corrected chi connectivity index (χ4v) is 2.04. The Morgan fingerprint density at radius 2 is 1.95 bits per heavy atom. The van der Waals surface area contributed by atoms with Crippen LogP contribution in [-0.4, -0.2) is 4.99 Å². The van der Waals surface area contributed by atoms with Gasteiger partial charge >= 0.3 is 0 Å². The molecule has 0 aliphatic rings. The highest BCUT2D eigenvalue weighted by molar-refractivity contribution is 7.80. The molecule has 2 aromatic rings. The number of thiocarbonyl (C=S) groups is 1. The Bertz CT molecular complexity index is 662. The molecule has 0 aliphatic heterocycles. The fraction of sp³-hybridized carbons (Fsp3) is 0.0714. The van der Waals surface area contributed by atoms with E-state index in [9.17, 15) is 8.78 Å². The summed E-state index contributed by atoms with van der Waals surface area (Å²) >= 11 is 10.9. The molecule has 0 amide bonds. The zero-order valence-electron chi connectivity index (χ0n) is 10.3. The van der Waals surface area contributed by atoms with E-state index in [2.05, 4.69) is 5.32 Å². The lowest BCUT2D eigenvalue weighted by Crippen LogP contribution is -2.09. The van der Waals surface area contributed by atoms with Gasteiger partial charge in [-0.25, -0.2) is 8.78 Å². The zero-order valence-corrected chi connectivity index (χ0v) is 11.9. The second kappa shape index (κ2) is 6.15. The maximum Gasteiger partial charge on any atom is 0.131 e. The monoisotopic (exact) mass is 312 g/mol. The van der Waals surface area contributed by atoms with Crippen LogP contribution < -0.4 is 11.1 Å². The Labute approximate surface area is 125 Å². The normalized spacial score (nSPS) is 10.3. The van der Waals surface area contributed by atoms with Crippen molar-refractivity contribution in [3.05, 3.63) is 64.2 Å². The summed E-state index contributed by atoms with van der Waals surface area (Å²) in [5, 5.41) is 3.41. The van der Waals surface area contributed by atoms with Crippen LogP contribution in [0.15, 0.2) is 36.4 Å². The van der Waals surface area contributed by atoms with Gasteiger partial charge in [0.15, 0.2) is 0 Å². The predicted molar refractivity (Wildman–Crippen MR) is 81.0 cm³/mol. The van der Waals surface area contributed by atoms with Gasteiger partial charge in [-0.15, -0.1) is 0 Å². The Hall–Kier alpha value is -1.72. The fourth-order valence-electron chi connectivity index (χ4n) is 1.67. The van der Waals surface area contributed by atoms with Gasteiger partial charge in [-0.05, 0) is 24.3 Å². The highest BCUT2D eigenvalue weighted by atomic mass is 35.5. The number of benzene rings is 2. The highest BCUT2D eigenvalue weighted by Crippen LogP contribution is 2.24. The second-order valence-electron chi connectivity index (χ2n) is 4.15. The van der Waals surface area contributed by atoms with Crippen LogP contribution in [0.4, 0.5) is 14.5 Å². The van der Waals surface area contributed by atoms with E-state index in [1.54, 1.807) is 18.2 Å². The standard InChI is InChI=1S/C14H11ClF2N2S/c15-11-5-8(14(18)20)2-4-13(11)19-7-9-1-3-10(16)6-12(9)17/h1-6,19H,7H2,(H2,18,20). The molecule has 0 fully saturated rings. The first kappa shape index (κ1) is 14.7. The Morgan fingerprint density at radius 3 is 2.55 bits per heavy atom. The molecule has 20 heavy (non-hydrogen) atoms. The van der Waals surface area contributed by atoms with Gasteiger partial charge in [0.25, 0.3) is 0 Å². The lowest BCUT2D eigenvalue weighted by molar-refractivity contribution is 0.574. The van der Waals surface area contributed by atoms with Crippen LogP contribution in [0.3, 0.4) is 0 Å². The van der Waals surface area contributed by atoms with Gasteiger partial charge < -0.3 is 11.1 Å². The minimum absolute atomic E-state index is 0.193. The Kier molecular flexibility index (Phi) is 4.52. The molecule has 3 N–H and O–H groups in total. The van der Waals surface area contributed by atoms with Crippen molar-refractivity contribution in [3.63, 3.8) is 0 Å². The number of hydrogen-bond donors (Lipinski definition) is 2. The SMILES string of the molecule is NC(=S)c1ccc(NCc2ccc(F)cc2F)c(Cl)c1. The van der Waals surface area contributed by atoms with Crippen LogP contribution in [0.5, 0.6) is 0 Å². The van der Waals surface area contributed by atoms with Crippen LogP contribution in [-0.2, 0) is 6.54 Å². The van der Waals surface area contributed by atoms with Gasteiger partial charge in [0.05, 0.1) is 10.7 Å². The smallest absolute Gasteiger partial charge is 0.131 e. The van der Waals surface area contributed by atoms with Gasteiger partial charge in [-0.2, -0.15) is 0 Å². The van der Waals surface area contributed by atoms with E-state index in [4.69, 9.17) is 29.6 Å². The second-order valence-corrected chi connectivity index (χ2v) is 5.00. The highest BCUT2D eigenvalue weighted by Gasteiger charge is 2.06. The van der Waals surface area contributed by atoms with Crippen LogP contribution >= 0.6 is 23.8 Å². The summed E-state index contributed by atoms with van der Waals surface area (Å²) in [5.74, 6) is -1.21. The number of nitrogens with two attached hydrogens (primary N) is 1. The van der Waals surface area contributed by atoms with E-state index in [0.717, 1.165) is 6.07 Å². The summed E-state index contributed by atoms with van der Waals surface area (Å²) in [7, 11) is 0. The summed E-state index contributed by atoms with van der Waals surface area (Å²) < 4.78 is 26.3. The summed E-state index contributed by atoms with van der Waals surface area (Å²) in [6.45, 7) is 0.193. The van der Waals surface area contributed by atoms with E-state index in [1.165, 1.54) is 12.1 Å². The van der Waals surface area contributed by atoms with Crippen molar-refractivity contribution in [1.82, 2.24) is 0 Å². The first-order valence-corrected chi connectivity index (χ1v) is 6.53. The third kappa shape index (κ3) is 3.43. The molecule has 0 aliphatic carbocycles. The third-order valence-corrected chi connectivity index (χ3v) is 3.29. The quantitative estimate of drug-likeness (QED) is 0.842. The summed E-state index contributed by atoms with van der Waals surface area (Å²) in [5.41, 5.74) is 7.12. The molecule has 0 aromatic heterocycles. The van der Waals surface area contributed by atoms with Crippen LogP contribution in [0.25, 0.3) is 0 Å². The van der Waals surface area contributed by atoms with Crippen molar-refractivity contribution in [3.8, 4) is 0 Å². The van der Waals surface area contributed by atoms with Crippen molar-refractivity contribution >= 4 is 34.5 Å². The molecule has 2 rings (SSSR count). The molecule has 0 heterocycles. The molecule has 0 saturated carbocycles. The molecule has 0 radical (unpaired) electrons. The molecule has 0 bridgehead atoms. The van der Waals surface area contributed by atoms with E-state index < -0.39 is 11.6 Å².